The normalized spacial score (nSPS) is 29.3. The van der Waals surface area contributed by atoms with Crippen LogP contribution in [0.2, 0.25) is 0 Å². The van der Waals surface area contributed by atoms with Crippen molar-refractivity contribution in [2.75, 3.05) is 20.3 Å². The number of carbonyl (C=O) groups excluding carboxylic acids is 1. The number of methoxy groups -OCH3 is 1. The molecule has 2 bridgehead atoms. The third-order valence-corrected chi connectivity index (χ3v) is 7.72. The minimum atomic E-state index is -0.368. The number of carbonyl (C=O) groups is 1. The molecule has 0 unspecified atom stereocenters. The van der Waals surface area contributed by atoms with Crippen LogP contribution in [0.25, 0.3) is 10.8 Å². The van der Waals surface area contributed by atoms with E-state index in [0.29, 0.717) is 13.2 Å². The Hall–Kier alpha value is -2.09. The van der Waals surface area contributed by atoms with Gasteiger partial charge in [0.1, 0.15) is 12.4 Å². The molecule has 0 spiro atoms. The molecule has 6 rings (SSSR count). The number of hydrogen-bond donors (Lipinski definition) is 0. The lowest BCUT2D eigenvalue weighted by atomic mass is 9.41. The van der Waals surface area contributed by atoms with Crippen molar-refractivity contribution in [3.8, 4) is 5.75 Å². The maximum absolute atomic E-state index is 11.8. The molecule has 6 nitrogen and oxygen atoms in total. The lowest BCUT2D eigenvalue weighted by Crippen LogP contribution is -2.71. The van der Waals surface area contributed by atoms with Crippen LogP contribution in [0, 0.1) is 5.41 Å². The maximum Gasteiger partial charge on any atom is 0.494 e. The summed E-state index contributed by atoms with van der Waals surface area (Å²) in [5.74, 6) is 0.713. The van der Waals surface area contributed by atoms with Crippen molar-refractivity contribution in [2.45, 2.75) is 63.8 Å². The second-order valence-corrected chi connectivity index (χ2v) is 10.5. The van der Waals surface area contributed by atoms with E-state index in [-0.39, 0.29) is 35.3 Å². The molecule has 4 aliphatic rings. The Kier molecular flexibility index (Phi) is 4.90. The zero-order valence-electron chi connectivity index (χ0n) is 19.5. The first-order valence-corrected chi connectivity index (χ1v) is 11.3. The zero-order valence-corrected chi connectivity index (χ0v) is 19.5. The highest BCUT2D eigenvalue weighted by atomic mass is 16.7. The molecule has 170 valence electrons. The number of hydrogen-bond acceptors (Lipinski definition) is 6. The van der Waals surface area contributed by atoms with Crippen molar-refractivity contribution in [1.82, 2.24) is 0 Å². The van der Waals surface area contributed by atoms with Crippen LogP contribution in [0.5, 0.6) is 5.75 Å². The number of esters is 1. The molecule has 2 aromatic carbocycles. The van der Waals surface area contributed by atoms with Gasteiger partial charge in [-0.25, -0.2) is 0 Å². The largest absolute Gasteiger partial charge is 0.494 e. The fourth-order valence-electron chi connectivity index (χ4n) is 5.16. The molecule has 1 aliphatic heterocycles. The van der Waals surface area contributed by atoms with E-state index in [1.54, 1.807) is 0 Å². The van der Waals surface area contributed by atoms with Gasteiger partial charge in [-0.05, 0) is 75.3 Å². The molecule has 3 saturated carbocycles. The van der Waals surface area contributed by atoms with Crippen LogP contribution >= 0.6 is 0 Å². The molecule has 0 aromatic heterocycles. The van der Waals surface area contributed by atoms with Gasteiger partial charge in [0.05, 0.1) is 35.9 Å². The van der Waals surface area contributed by atoms with Crippen molar-refractivity contribution < 1.29 is 28.3 Å². The van der Waals surface area contributed by atoms with Gasteiger partial charge in [-0.1, -0.05) is 24.3 Å². The zero-order chi connectivity index (χ0) is 22.8. The van der Waals surface area contributed by atoms with Gasteiger partial charge in [-0.3, -0.25) is 4.79 Å². The summed E-state index contributed by atoms with van der Waals surface area (Å²) in [5, 5.41) is 2.21. The maximum atomic E-state index is 11.8. The van der Waals surface area contributed by atoms with Gasteiger partial charge in [0.2, 0.25) is 0 Å². The highest BCUT2D eigenvalue weighted by molar-refractivity contribution is 6.62. The lowest BCUT2D eigenvalue weighted by molar-refractivity contribution is -0.284. The highest BCUT2D eigenvalue weighted by Gasteiger charge is 2.73. The number of fused-ring (bicyclic) bond motifs is 1. The first-order chi connectivity index (χ1) is 15.1. The monoisotopic (exact) mass is 438 g/mol. The van der Waals surface area contributed by atoms with Gasteiger partial charge in [-0.15, -0.1) is 0 Å². The van der Waals surface area contributed by atoms with Crippen LogP contribution in [-0.2, 0) is 23.6 Å². The van der Waals surface area contributed by atoms with Crippen LogP contribution in [0.1, 0.15) is 47.0 Å². The minimum absolute atomic E-state index is 0.1000. The summed E-state index contributed by atoms with van der Waals surface area (Å²) in [5.41, 5.74) is -0.101. The first kappa shape index (κ1) is 21.7. The summed E-state index contributed by atoms with van der Waals surface area (Å²) >= 11 is 0. The van der Waals surface area contributed by atoms with E-state index in [2.05, 4.69) is 52.0 Å². The van der Waals surface area contributed by atoms with E-state index in [1.807, 2.05) is 12.1 Å². The summed E-state index contributed by atoms with van der Waals surface area (Å²) in [6, 6.07) is 12.3. The van der Waals surface area contributed by atoms with Crippen molar-refractivity contribution in [1.29, 1.82) is 0 Å². The number of ether oxygens (including phenoxy) is 3. The summed E-state index contributed by atoms with van der Waals surface area (Å²) in [7, 11) is 1.08. The standard InChI is InChI=1S/C25H31BO6/c1-22(2)23(3,4)32-26(31-22)19-8-6-18-13-20(9-7-17(18)12-19)29-10-11-30-25-14-24(15-25,16-25)21(27)28-5/h6-9,12-13H,10-11,14-16H2,1-5H3. The summed E-state index contributed by atoms with van der Waals surface area (Å²) < 4.78 is 29.1. The molecular weight excluding hydrogens is 407 g/mol. The fraction of sp³-hybridized carbons (Fsp3) is 0.560. The third kappa shape index (κ3) is 3.42. The molecule has 4 fully saturated rings. The van der Waals surface area contributed by atoms with Crippen LogP contribution in [0.4, 0.5) is 0 Å². The van der Waals surface area contributed by atoms with Gasteiger partial charge >= 0.3 is 13.1 Å². The molecule has 0 atom stereocenters. The van der Waals surface area contributed by atoms with Crippen LogP contribution < -0.4 is 10.2 Å². The van der Waals surface area contributed by atoms with Gasteiger partial charge in [0.25, 0.3) is 0 Å². The molecule has 7 heteroatoms. The van der Waals surface area contributed by atoms with Crippen molar-refractivity contribution in [3.63, 3.8) is 0 Å². The average Bonchev–Trinajstić information content (AvgIpc) is 2.91. The molecule has 32 heavy (non-hydrogen) atoms. The Balaban J connectivity index is 1.15. The first-order valence-electron chi connectivity index (χ1n) is 11.3. The van der Waals surface area contributed by atoms with Crippen LogP contribution in [0.15, 0.2) is 36.4 Å². The smallest absolute Gasteiger partial charge is 0.491 e. The van der Waals surface area contributed by atoms with E-state index in [0.717, 1.165) is 41.2 Å². The molecule has 1 saturated heterocycles. The lowest BCUT2D eigenvalue weighted by Gasteiger charge is -2.67. The predicted molar refractivity (Wildman–Crippen MR) is 122 cm³/mol. The summed E-state index contributed by atoms with van der Waals surface area (Å²) in [4.78, 5) is 11.8. The SMILES string of the molecule is COC(=O)C12CC(OCCOc3ccc4cc(B5OC(C)(C)C(C)(C)O5)ccc4c3)(C1)C2. The molecule has 2 aromatic rings. The molecule has 0 N–H and O–H groups in total. The van der Waals surface area contributed by atoms with E-state index >= 15 is 0 Å². The van der Waals surface area contributed by atoms with Gasteiger partial charge in [0.15, 0.2) is 0 Å². The van der Waals surface area contributed by atoms with Crippen molar-refractivity contribution >= 4 is 29.3 Å². The Bertz CT molecular complexity index is 1030. The second-order valence-electron chi connectivity index (χ2n) is 10.5. The molecule has 3 aliphatic carbocycles. The minimum Gasteiger partial charge on any atom is -0.491 e. The number of benzene rings is 2. The van der Waals surface area contributed by atoms with E-state index < -0.39 is 0 Å². The molecule has 1 heterocycles. The second kappa shape index (κ2) is 7.21. The van der Waals surface area contributed by atoms with E-state index in [1.165, 1.54) is 7.11 Å². The van der Waals surface area contributed by atoms with E-state index in [4.69, 9.17) is 23.5 Å². The predicted octanol–water partition coefficient (Wildman–Crippen LogP) is 3.63. The average molecular weight is 438 g/mol. The quantitative estimate of drug-likeness (QED) is 0.374. The Labute approximate surface area is 189 Å². The number of rotatable bonds is 7. The molecule has 0 amide bonds. The van der Waals surface area contributed by atoms with Crippen molar-refractivity contribution in [2.24, 2.45) is 5.41 Å². The summed E-state index contributed by atoms with van der Waals surface area (Å²) in [6.45, 7) is 9.23. The molecular formula is C25H31BO6. The Morgan fingerprint density at radius 2 is 1.56 bits per heavy atom. The fourth-order valence-corrected chi connectivity index (χ4v) is 5.16. The van der Waals surface area contributed by atoms with Crippen LogP contribution in [0.3, 0.4) is 0 Å². The Morgan fingerprint density at radius 1 is 0.938 bits per heavy atom. The highest BCUT2D eigenvalue weighted by Crippen LogP contribution is 2.69. The van der Waals surface area contributed by atoms with Gasteiger partial charge < -0.3 is 23.5 Å². The third-order valence-electron chi connectivity index (χ3n) is 7.72. The topological polar surface area (TPSA) is 63.2 Å². The van der Waals surface area contributed by atoms with Crippen molar-refractivity contribution in [3.05, 3.63) is 36.4 Å². The van der Waals surface area contributed by atoms with Crippen LogP contribution in [-0.4, -0.2) is 50.2 Å². The van der Waals surface area contributed by atoms with E-state index in [9.17, 15) is 4.79 Å². The summed E-state index contributed by atoms with van der Waals surface area (Å²) in [6.07, 6.45) is 2.31. The molecule has 0 radical (unpaired) electrons. The Morgan fingerprint density at radius 3 is 2.22 bits per heavy atom. The van der Waals surface area contributed by atoms with Gasteiger partial charge in [-0.2, -0.15) is 0 Å². The van der Waals surface area contributed by atoms with Gasteiger partial charge in [0, 0.05) is 0 Å².